The Hall–Kier alpha value is -2.05. The zero-order chi connectivity index (χ0) is 19.4. The summed E-state index contributed by atoms with van der Waals surface area (Å²) in [6, 6.07) is 6.39. The molecule has 5 atom stereocenters. The fourth-order valence-corrected chi connectivity index (χ4v) is 6.04. The van der Waals surface area contributed by atoms with Crippen LogP contribution in [0.25, 0.3) is 10.9 Å². The molecule has 0 radical (unpaired) electrons. The highest BCUT2D eigenvalue weighted by Crippen LogP contribution is 2.50. The van der Waals surface area contributed by atoms with Crippen molar-refractivity contribution in [1.29, 1.82) is 0 Å². The summed E-state index contributed by atoms with van der Waals surface area (Å²) < 4.78 is 10.7. The molecule has 3 heterocycles. The van der Waals surface area contributed by atoms with Gasteiger partial charge in [-0.15, -0.1) is 0 Å². The number of carbonyl (C=O) groups excluding carboxylic acids is 1. The number of hydrogen-bond donors (Lipinski definition) is 2. The first-order chi connectivity index (χ1) is 13.6. The summed E-state index contributed by atoms with van der Waals surface area (Å²) in [5.74, 6) is 0.860. The van der Waals surface area contributed by atoms with Crippen LogP contribution in [0.15, 0.2) is 18.2 Å². The number of aliphatic hydroxyl groups excluding tert-OH is 1. The minimum Gasteiger partial charge on any atom is -0.496 e. The highest BCUT2D eigenvalue weighted by atomic mass is 16.5. The Kier molecular flexibility index (Phi) is 4.36. The second-order valence-corrected chi connectivity index (χ2v) is 8.51. The standard InChI is InChI=1S/C22H28N2O4/c1-27-18-5-3-4-15-19(18)13-8-9-24-11-12-6-7-17(25)20(22(26)28-2)14(12)10-16(24)21(13)23-15/h3-5,12,14,16-17,20,23,25H,6-11H2,1-2H3/t12-,14+,16-,17-,20-/m1/s1. The first kappa shape index (κ1) is 18.0. The van der Waals surface area contributed by atoms with E-state index in [4.69, 9.17) is 9.47 Å². The van der Waals surface area contributed by atoms with E-state index in [1.54, 1.807) is 7.11 Å². The van der Waals surface area contributed by atoms with Gasteiger partial charge in [0.1, 0.15) is 5.75 Å². The van der Waals surface area contributed by atoms with E-state index in [1.165, 1.54) is 23.8 Å². The van der Waals surface area contributed by atoms with Crippen molar-refractivity contribution >= 4 is 16.9 Å². The van der Waals surface area contributed by atoms with Crippen molar-refractivity contribution < 1.29 is 19.4 Å². The van der Waals surface area contributed by atoms with E-state index >= 15 is 0 Å². The number of nitrogens with zero attached hydrogens (tertiary/aromatic N) is 1. The molecule has 150 valence electrons. The Morgan fingerprint density at radius 3 is 2.93 bits per heavy atom. The van der Waals surface area contributed by atoms with E-state index in [9.17, 15) is 9.90 Å². The summed E-state index contributed by atoms with van der Waals surface area (Å²) in [6.07, 6.45) is 2.96. The van der Waals surface area contributed by atoms with Gasteiger partial charge in [0.25, 0.3) is 0 Å². The van der Waals surface area contributed by atoms with Gasteiger partial charge < -0.3 is 19.6 Å². The highest BCUT2D eigenvalue weighted by Gasteiger charge is 2.49. The van der Waals surface area contributed by atoms with E-state index in [-0.39, 0.29) is 17.9 Å². The van der Waals surface area contributed by atoms with Crippen molar-refractivity contribution in [1.82, 2.24) is 9.88 Å². The lowest BCUT2D eigenvalue weighted by atomic mass is 9.65. The zero-order valence-corrected chi connectivity index (χ0v) is 16.5. The molecule has 0 amide bonds. The van der Waals surface area contributed by atoms with Gasteiger partial charge in [-0.3, -0.25) is 9.69 Å². The summed E-state index contributed by atoms with van der Waals surface area (Å²) in [4.78, 5) is 18.7. The molecule has 3 aliphatic rings. The Morgan fingerprint density at radius 2 is 2.14 bits per heavy atom. The van der Waals surface area contributed by atoms with Crippen LogP contribution in [0.1, 0.15) is 36.6 Å². The van der Waals surface area contributed by atoms with Crippen LogP contribution in [0.5, 0.6) is 5.75 Å². The molecule has 0 bridgehead atoms. The van der Waals surface area contributed by atoms with Crippen molar-refractivity contribution in [2.24, 2.45) is 17.8 Å². The number of carbonyl (C=O) groups is 1. The molecule has 1 aliphatic carbocycles. The molecule has 2 fully saturated rings. The molecule has 1 saturated heterocycles. The second kappa shape index (κ2) is 6.78. The quantitative estimate of drug-likeness (QED) is 0.779. The SMILES string of the molecule is COC(=O)[C@@H]1[C@H]2C[C@@H]3c4[nH]c5cccc(OC)c5c4CCN3C[C@H]2CC[C@H]1O. The third-order valence-electron chi connectivity index (χ3n) is 7.32. The molecule has 6 heteroatoms. The number of rotatable bonds is 2. The van der Waals surface area contributed by atoms with E-state index in [1.807, 2.05) is 12.1 Å². The number of methoxy groups -OCH3 is 2. The summed E-state index contributed by atoms with van der Waals surface area (Å²) in [5.41, 5.74) is 3.72. The smallest absolute Gasteiger partial charge is 0.311 e. The largest absolute Gasteiger partial charge is 0.496 e. The minimum atomic E-state index is -0.592. The van der Waals surface area contributed by atoms with Gasteiger partial charge in [0, 0.05) is 29.7 Å². The lowest BCUT2D eigenvalue weighted by molar-refractivity contribution is -0.160. The maximum absolute atomic E-state index is 12.4. The van der Waals surface area contributed by atoms with Gasteiger partial charge >= 0.3 is 5.97 Å². The third kappa shape index (κ3) is 2.58. The van der Waals surface area contributed by atoms with Gasteiger partial charge in [-0.1, -0.05) is 6.07 Å². The van der Waals surface area contributed by atoms with Crippen molar-refractivity contribution in [3.63, 3.8) is 0 Å². The molecule has 2 aliphatic heterocycles. The van der Waals surface area contributed by atoms with Crippen molar-refractivity contribution in [2.75, 3.05) is 27.3 Å². The summed E-state index contributed by atoms with van der Waals surface area (Å²) in [6.45, 7) is 2.01. The van der Waals surface area contributed by atoms with Crippen LogP contribution >= 0.6 is 0 Å². The van der Waals surface area contributed by atoms with E-state index < -0.39 is 12.0 Å². The molecular formula is C22H28N2O4. The molecule has 5 rings (SSSR count). The lowest BCUT2D eigenvalue weighted by Gasteiger charge is -2.50. The molecule has 2 N–H and O–H groups in total. The van der Waals surface area contributed by atoms with Crippen LogP contribution in [0.3, 0.4) is 0 Å². The molecule has 0 unspecified atom stereocenters. The van der Waals surface area contributed by atoms with Gasteiger partial charge in [0.2, 0.25) is 0 Å². The number of piperidine rings is 1. The summed E-state index contributed by atoms with van der Waals surface area (Å²) in [7, 11) is 3.15. The molecule has 1 aromatic carbocycles. The zero-order valence-electron chi connectivity index (χ0n) is 16.5. The lowest BCUT2D eigenvalue weighted by Crippen LogP contribution is -2.53. The number of aromatic nitrogens is 1. The first-order valence-corrected chi connectivity index (χ1v) is 10.3. The molecular weight excluding hydrogens is 356 g/mol. The Bertz CT molecular complexity index is 907. The van der Waals surface area contributed by atoms with Gasteiger partial charge in [-0.05, 0) is 55.2 Å². The number of hydrogen-bond acceptors (Lipinski definition) is 5. The van der Waals surface area contributed by atoms with Crippen LogP contribution < -0.4 is 4.74 Å². The molecule has 1 aromatic heterocycles. The fourth-order valence-electron chi connectivity index (χ4n) is 6.04. The van der Waals surface area contributed by atoms with Gasteiger partial charge in [-0.2, -0.15) is 0 Å². The van der Waals surface area contributed by atoms with Gasteiger partial charge in [-0.25, -0.2) is 0 Å². The maximum Gasteiger partial charge on any atom is 0.311 e. The van der Waals surface area contributed by atoms with E-state index in [2.05, 4.69) is 16.0 Å². The molecule has 1 saturated carbocycles. The van der Waals surface area contributed by atoms with Crippen molar-refractivity contribution in [3.8, 4) is 5.75 Å². The number of ether oxygens (including phenoxy) is 2. The Labute approximate surface area is 164 Å². The number of H-pyrrole nitrogens is 1. The predicted molar refractivity (Wildman–Crippen MR) is 105 cm³/mol. The van der Waals surface area contributed by atoms with Crippen LogP contribution in [0.4, 0.5) is 0 Å². The second-order valence-electron chi connectivity index (χ2n) is 8.51. The minimum absolute atomic E-state index is 0.164. The van der Waals surface area contributed by atoms with E-state index in [0.29, 0.717) is 12.3 Å². The molecule has 28 heavy (non-hydrogen) atoms. The monoisotopic (exact) mass is 384 g/mol. The summed E-state index contributed by atoms with van der Waals surface area (Å²) >= 11 is 0. The number of aromatic amines is 1. The van der Waals surface area contributed by atoms with Crippen LogP contribution in [0.2, 0.25) is 0 Å². The highest BCUT2D eigenvalue weighted by molar-refractivity contribution is 5.91. The number of esters is 1. The van der Waals surface area contributed by atoms with Crippen LogP contribution in [-0.4, -0.2) is 54.4 Å². The average molecular weight is 384 g/mol. The number of nitrogens with one attached hydrogen (secondary N) is 1. The van der Waals surface area contributed by atoms with Gasteiger partial charge in [0.15, 0.2) is 0 Å². The molecule has 2 aromatic rings. The topological polar surface area (TPSA) is 74.8 Å². The average Bonchev–Trinajstić information content (AvgIpc) is 3.11. The first-order valence-electron chi connectivity index (χ1n) is 10.3. The van der Waals surface area contributed by atoms with Crippen LogP contribution in [-0.2, 0) is 16.0 Å². The molecule has 6 nitrogen and oxygen atoms in total. The van der Waals surface area contributed by atoms with E-state index in [0.717, 1.165) is 43.6 Å². The molecule has 0 spiro atoms. The van der Waals surface area contributed by atoms with Crippen LogP contribution in [0, 0.1) is 17.8 Å². The van der Waals surface area contributed by atoms with Crippen molar-refractivity contribution in [3.05, 3.63) is 29.5 Å². The third-order valence-corrected chi connectivity index (χ3v) is 7.32. The maximum atomic E-state index is 12.4. The number of aliphatic hydroxyl groups is 1. The van der Waals surface area contributed by atoms with Gasteiger partial charge in [0.05, 0.1) is 32.3 Å². The Morgan fingerprint density at radius 1 is 1.29 bits per heavy atom. The predicted octanol–water partition coefficient (Wildman–Crippen LogP) is 2.66. The Balaban J connectivity index is 1.54. The fraction of sp³-hybridized carbons (Fsp3) is 0.591. The normalized spacial score (nSPS) is 32.3. The number of benzene rings is 1. The summed E-state index contributed by atoms with van der Waals surface area (Å²) in [5, 5.41) is 11.7. The van der Waals surface area contributed by atoms with Crippen molar-refractivity contribution in [2.45, 2.75) is 37.8 Å². The number of fused-ring (bicyclic) bond motifs is 6.